The fraction of sp³-hybridized carbons (Fsp3) is 0.111. The van der Waals surface area contributed by atoms with Gasteiger partial charge in [0.1, 0.15) is 18.0 Å². The van der Waals surface area contributed by atoms with Crippen LogP contribution in [0.25, 0.3) is 16.9 Å². The lowest BCUT2D eigenvalue weighted by molar-refractivity contribution is 0.610. The van der Waals surface area contributed by atoms with Gasteiger partial charge in [-0.15, -0.1) is 0 Å². The van der Waals surface area contributed by atoms with Crippen molar-refractivity contribution in [2.24, 2.45) is 0 Å². The van der Waals surface area contributed by atoms with Crippen molar-refractivity contribution >= 4 is 16.9 Å². The molecule has 0 bridgehead atoms. The smallest absolute Gasteiger partial charge is 0.170 e. The first-order valence-electron chi connectivity index (χ1n) is 7.90. The van der Waals surface area contributed by atoms with E-state index in [-0.39, 0.29) is 5.82 Å². The Kier molecular flexibility index (Phi) is 4.04. The summed E-state index contributed by atoms with van der Waals surface area (Å²) in [6.07, 6.45) is 5.45. The van der Waals surface area contributed by atoms with E-state index in [1.807, 2.05) is 24.3 Å². The zero-order valence-electron chi connectivity index (χ0n) is 13.3. The second-order valence-electron chi connectivity index (χ2n) is 5.47. The fourth-order valence-electron chi connectivity index (χ4n) is 2.65. The highest BCUT2D eigenvalue weighted by molar-refractivity contribution is 5.86. The predicted octanol–water partition coefficient (Wildman–Crippen LogP) is 3.00. The third kappa shape index (κ3) is 3.03. The van der Waals surface area contributed by atoms with Crippen LogP contribution >= 0.6 is 0 Å². The first-order chi connectivity index (χ1) is 12.3. The van der Waals surface area contributed by atoms with Gasteiger partial charge in [0.2, 0.25) is 0 Å². The Bertz CT molecular complexity index is 999. The Morgan fingerprint density at radius 1 is 1.00 bits per heavy atom. The van der Waals surface area contributed by atoms with Crippen LogP contribution in [0.2, 0.25) is 0 Å². The second-order valence-corrected chi connectivity index (χ2v) is 5.47. The fourth-order valence-corrected chi connectivity index (χ4v) is 2.65. The van der Waals surface area contributed by atoms with E-state index in [2.05, 4.69) is 25.4 Å². The van der Waals surface area contributed by atoms with Crippen LogP contribution in [0.1, 0.15) is 5.56 Å². The Balaban J connectivity index is 1.57. The standard InChI is InChI=1S/C18H15FN6/c19-15-6-2-1-5-13(15)8-10-21-17-14-11-24-25(18(14)23-12-22-17)16-7-3-4-9-20-16/h1-7,9,11-12H,8,10H2,(H,21,22,23). The van der Waals surface area contributed by atoms with Crippen LogP contribution < -0.4 is 5.32 Å². The number of anilines is 1. The van der Waals surface area contributed by atoms with E-state index < -0.39 is 0 Å². The zero-order valence-corrected chi connectivity index (χ0v) is 13.3. The molecule has 0 aliphatic heterocycles. The highest BCUT2D eigenvalue weighted by Crippen LogP contribution is 2.20. The number of pyridine rings is 1. The molecule has 0 fully saturated rings. The molecule has 0 saturated carbocycles. The molecule has 0 radical (unpaired) electrons. The SMILES string of the molecule is Fc1ccccc1CCNc1ncnc2c1cnn2-c1ccccn1. The molecule has 0 unspecified atom stereocenters. The van der Waals surface area contributed by atoms with Gasteiger partial charge in [0.05, 0.1) is 11.6 Å². The quantitative estimate of drug-likeness (QED) is 0.608. The molecule has 0 saturated heterocycles. The van der Waals surface area contributed by atoms with E-state index in [9.17, 15) is 4.39 Å². The minimum absolute atomic E-state index is 0.194. The van der Waals surface area contributed by atoms with Crippen molar-refractivity contribution in [2.45, 2.75) is 6.42 Å². The largest absolute Gasteiger partial charge is 0.369 e. The van der Waals surface area contributed by atoms with Crippen molar-refractivity contribution in [1.82, 2.24) is 24.7 Å². The van der Waals surface area contributed by atoms with Gasteiger partial charge in [-0.1, -0.05) is 24.3 Å². The predicted molar refractivity (Wildman–Crippen MR) is 93.0 cm³/mol. The Morgan fingerprint density at radius 3 is 2.72 bits per heavy atom. The minimum atomic E-state index is -0.194. The van der Waals surface area contributed by atoms with Crippen LogP contribution in [0.5, 0.6) is 0 Å². The van der Waals surface area contributed by atoms with Crippen molar-refractivity contribution in [1.29, 1.82) is 0 Å². The number of fused-ring (bicyclic) bond motifs is 1. The monoisotopic (exact) mass is 334 g/mol. The van der Waals surface area contributed by atoms with Crippen molar-refractivity contribution in [2.75, 3.05) is 11.9 Å². The maximum absolute atomic E-state index is 13.7. The molecule has 4 aromatic rings. The molecule has 6 nitrogen and oxygen atoms in total. The average Bonchev–Trinajstić information content (AvgIpc) is 3.09. The van der Waals surface area contributed by atoms with Crippen LogP contribution in [0.4, 0.5) is 10.2 Å². The molecule has 4 rings (SSSR count). The van der Waals surface area contributed by atoms with Gasteiger partial charge in [0.25, 0.3) is 0 Å². The zero-order chi connectivity index (χ0) is 17.1. The second kappa shape index (κ2) is 6.64. The van der Waals surface area contributed by atoms with Crippen LogP contribution in [0.15, 0.2) is 61.2 Å². The van der Waals surface area contributed by atoms with Gasteiger partial charge in [0.15, 0.2) is 11.5 Å². The first kappa shape index (κ1) is 15.2. The number of hydrogen-bond donors (Lipinski definition) is 1. The van der Waals surface area contributed by atoms with Crippen LogP contribution in [0.3, 0.4) is 0 Å². The van der Waals surface area contributed by atoms with Gasteiger partial charge in [-0.2, -0.15) is 9.78 Å². The van der Waals surface area contributed by atoms with E-state index in [4.69, 9.17) is 0 Å². The summed E-state index contributed by atoms with van der Waals surface area (Å²) in [5.74, 6) is 1.16. The van der Waals surface area contributed by atoms with Crippen molar-refractivity contribution in [3.63, 3.8) is 0 Å². The highest BCUT2D eigenvalue weighted by Gasteiger charge is 2.11. The van der Waals surface area contributed by atoms with Gasteiger partial charge in [0, 0.05) is 12.7 Å². The van der Waals surface area contributed by atoms with E-state index in [0.29, 0.717) is 35.8 Å². The Hall–Kier alpha value is -3.35. The summed E-state index contributed by atoms with van der Waals surface area (Å²) in [7, 11) is 0. The lowest BCUT2D eigenvalue weighted by atomic mass is 10.1. The van der Waals surface area contributed by atoms with Gasteiger partial charge in [-0.05, 0) is 30.2 Å². The molecule has 25 heavy (non-hydrogen) atoms. The van der Waals surface area contributed by atoms with Gasteiger partial charge >= 0.3 is 0 Å². The van der Waals surface area contributed by atoms with E-state index in [1.165, 1.54) is 12.4 Å². The number of nitrogens with one attached hydrogen (secondary N) is 1. The lowest BCUT2D eigenvalue weighted by Gasteiger charge is -2.07. The summed E-state index contributed by atoms with van der Waals surface area (Å²) in [5.41, 5.74) is 1.34. The number of halogens is 1. The molecular formula is C18H15FN6. The molecule has 0 amide bonds. The number of benzene rings is 1. The molecule has 0 spiro atoms. The Labute approximate surface area is 143 Å². The molecular weight excluding hydrogens is 319 g/mol. The summed E-state index contributed by atoms with van der Waals surface area (Å²) < 4.78 is 15.4. The molecule has 1 N–H and O–H groups in total. The molecule has 1 aromatic carbocycles. The summed E-state index contributed by atoms with van der Waals surface area (Å²) >= 11 is 0. The van der Waals surface area contributed by atoms with Gasteiger partial charge in [-0.25, -0.2) is 19.3 Å². The summed E-state index contributed by atoms with van der Waals surface area (Å²) in [4.78, 5) is 12.9. The molecule has 0 aliphatic rings. The number of rotatable bonds is 5. The Morgan fingerprint density at radius 2 is 1.88 bits per heavy atom. The van der Waals surface area contributed by atoms with Crippen LogP contribution in [-0.4, -0.2) is 31.3 Å². The number of hydrogen-bond acceptors (Lipinski definition) is 5. The topological polar surface area (TPSA) is 68.5 Å². The minimum Gasteiger partial charge on any atom is -0.369 e. The molecule has 7 heteroatoms. The van der Waals surface area contributed by atoms with Crippen molar-refractivity contribution < 1.29 is 4.39 Å². The third-order valence-corrected chi connectivity index (χ3v) is 3.88. The summed E-state index contributed by atoms with van der Waals surface area (Å²) in [6, 6.07) is 12.4. The lowest BCUT2D eigenvalue weighted by Crippen LogP contribution is -2.08. The average molecular weight is 334 g/mol. The number of aromatic nitrogens is 5. The maximum Gasteiger partial charge on any atom is 0.170 e. The molecule has 3 aromatic heterocycles. The normalized spacial score (nSPS) is 10.9. The summed E-state index contributed by atoms with van der Waals surface area (Å²) in [6.45, 7) is 0.557. The highest BCUT2D eigenvalue weighted by atomic mass is 19.1. The van der Waals surface area contributed by atoms with Crippen molar-refractivity contribution in [3.8, 4) is 5.82 Å². The van der Waals surface area contributed by atoms with Crippen molar-refractivity contribution in [3.05, 3.63) is 72.6 Å². The first-order valence-corrected chi connectivity index (χ1v) is 7.90. The number of nitrogens with zero attached hydrogens (tertiary/aromatic N) is 5. The van der Waals surface area contributed by atoms with Crippen LogP contribution in [0, 0.1) is 5.82 Å². The molecule has 124 valence electrons. The summed E-state index contributed by atoms with van der Waals surface area (Å²) in [5, 5.41) is 8.39. The van der Waals surface area contributed by atoms with E-state index in [0.717, 1.165) is 5.39 Å². The van der Waals surface area contributed by atoms with Gasteiger partial charge in [-0.3, -0.25) is 0 Å². The third-order valence-electron chi connectivity index (χ3n) is 3.88. The van der Waals surface area contributed by atoms with Gasteiger partial charge < -0.3 is 5.32 Å². The molecule has 0 aliphatic carbocycles. The molecule has 0 atom stereocenters. The molecule has 3 heterocycles. The van der Waals surface area contributed by atoms with E-state index in [1.54, 1.807) is 29.2 Å². The maximum atomic E-state index is 13.7. The van der Waals surface area contributed by atoms with Crippen LogP contribution in [-0.2, 0) is 6.42 Å². The van der Waals surface area contributed by atoms with E-state index >= 15 is 0 Å².